The number of ether oxygens (including phenoxy) is 1. The molecule has 0 aliphatic carbocycles. The van der Waals surface area contributed by atoms with Crippen molar-refractivity contribution < 1.29 is 24.2 Å². The van der Waals surface area contributed by atoms with E-state index in [1.54, 1.807) is 65.0 Å². The van der Waals surface area contributed by atoms with Crippen molar-refractivity contribution in [3.63, 3.8) is 0 Å². The summed E-state index contributed by atoms with van der Waals surface area (Å²) in [5, 5.41) is 10.7. The van der Waals surface area contributed by atoms with E-state index in [9.17, 15) is 19.5 Å². The lowest BCUT2D eigenvalue weighted by molar-refractivity contribution is -0.123. The summed E-state index contributed by atoms with van der Waals surface area (Å²) in [6.45, 7) is 8.74. The molecule has 2 aromatic carbocycles. The van der Waals surface area contributed by atoms with Gasteiger partial charge in [-0.25, -0.2) is 4.79 Å². The highest BCUT2D eigenvalue weighted by Gasteiger charge is 2.46. The zero-order valence-corrected chi connectivity index (χ0v) is 18.4. The number of amides is 1. The van der Waals surface area contributed by atoms with E-state index in [1.807, 2.05) is 18.2 Å². The summed E-state index contributed by atoms with van der Waals surface area (Å²) >= 11 is 0. The molecule has 31 heavy (non-hydrogen) atoms. The Balaban J connectivity index is 2.13. The van der Waals surface area contributed by atoms with E-state index in [0.29, 0.717) is 11.3 Å². The molecule has 1 aliphatic rings. The van der Waals surface area contributed by atoms with E-state index in [4.69, 9.17) is 4.74 Å². The summed E-state index contributed by atoms with van der Waals surface area (Å²) in [4.78, 5) is 40.1. The molecule has 0 aromatic heterocycles. The molecule has 0 bridgehead atoms. The number of esters is 1. The van der Waals surface area contributed by atoms with Crippen molar-refractivity contribution in [2.75, 3.05) is 4.90 Å². The number of benzene rings is 2. The molecule has 3 rings (SSSR count). The predicted octanol–water partition coefficient (Wildman–Crippen LogP) is 4.77. The predicted molar refractivity (Wildman–Crippen MR) is 118 cm³/mol. The van der Waals surface area contributed by atoms with Crippen molar-refractivity contribution in [3.05, 3.63) is 77.1 Å². The Kier molecular flexibility index (Phi) is 6.02. The summed E-state index contributed by atoms with van der Waals surface area (Å²) in [5.41, 5.74) is 0.609. The first-order valence-corrected chi connectivity index (χ1v) is 10.2. The highest BCUT2D eigenvalue weighted by molar-refractivity contribution is 6.17. The van der Waals surface area contributed by atoms with Crippen molar-refractivity contribution >= 4 is 23.3 Å². The van der Waals surface area contributed by atoms with Gasteiger partial charge in [0.25, 0.3) is 5.91 Å². The van der Waals surface area contributed by atoms with Crippen molar-refractivity contribution in [2.24, 2.45) is 5.41 Å². The van der Waals surface area contributed by atoms with Crippen LogP contribution in [0.25, 0.3) is 0 Å². The quantitative estimate of drug-likeness (QED) is 0.703. The fraction of sp³-hybridized carbons (Fsp3) is 0.320. The van der Waals surface area contributed by atoms with E-state index in [-0.39, 0.29) is 23.0 Å². The summed E-state index contributed by atoms with van der Waals surface area (Å²) in [7, 11) is 0. The lowest BCUT2D eigenvalue weighted by Crippen LogP contribution is -2.33. The molecule has 0 spiro atoms. The second-order valence-corrected chi connectivity index (χ2v) is 8.83. The maximum atomic E-state index is 13.2. The fourth-order valence-corrected chi connectivity index (χ4v) is 3.52. The normalized spacial score (nSPS) is 16.8. The smallest absolute Gasteiger partial charge is 0.338 e. The van der Waals surface area contributed by atoms with Crippen LogP contribution in [0, 0.1) is 5.41 Å². The van der Waals surface area contributed by atoms with Gasteiger partial charge in [-0.2, -0.15) is 0 Å². The van der Waals surface area contributed by atoms with Gasteiger partial charge in [0.1, 0.15) is 0 Å². The zero-order chi connectivity index (χ0) is 22.9. The Labute approximate surface area is 182 Å². The van der Waals surface area contributed by atoms with Crippen molar-refractivity contribution in [2.45, 2.75) is 46.8 Å². The van der Waals surface area contributed by atoms with Crippen molar-refractivity contribution in [1.82, 2.24) is 0 Å². The van der Waals surface area contributed by atoms with Gasteiger partial charge in [0.2, 0.25) is 0 Å². The minimum Gasteiger partial charge on any atom is -0.503 e. The average Bonchev–Trinajstić information content (AvgIpc) is 2.98. The first-order valence-electron chi connectivity index (χ1n) is 10.2. The minimum absolute atomic E-state index is 0.0545. The van der Waals surface area contributed by atoms with E-state index in [0.717, 1.165) is 0 Å². The van der Waals surface area contributed by atoms with Crippen LogP contribution in [0.1, 0.15) is 56.6 Å². The molecule has 6 heteroatoms. The van der Waals surface area contributed by atoms with Gasteiger partial charge in [0.15, 0.2) is 11.5 Å². The number of anilines is 1. The number of hydrogen-bond acceptors (Lipinski definition) is 5. The number of carbonyl (C=O) groups excluding carboxylic acids is 3. The van der Waals surface area contributed by atoms with Crippen LogP contribution in [0.5, 0.6) is 0 Å². The van der Waals surface area contributed by atoms with Gasteiger partial charge < -0.3 is 9.84 Å². The molecule has 1 aliphatic heterocycles. The first-order chi connectivity index (χ1) is 14.5. The van der Waals surface area contributed by atoms with Gasteiger partial charge in [-0.3, -0.25) is 14.5 Å². The third-order valence-corrected chi connectivity index (χ3v) is 4.95. The second-order valence-electron chi connectivity index (χ2n) is 8.83. The highest BCUT2D eigenvalue weighted by atomic mass is 16.5. The zero-order valence-electron chi connectivity index (χ0n) is 18.4. The van der Waals surface area contributed by atoms with Gasteiger partial charge >= 0.3 is 5.97 Å². The largest absolute Gasteiger partial charge is 0.503 e. The van der Waals surface area contributed by atoms with Gasteiger partial charge in [0, 0.05) is 11.1 Å². The highest BCUT2D eigenvalue weighted by Crippen LogP contribution is 2.43. The van der Waals surface area contributed by atoms with E-state index in [1.165, 1.54) is 11.0 Å². The molecule has 0 saturated carbocycles. The molecule has 0 saturated heterocycles. The molecule has 1 amide bonds. The maximum absolute atomic E-state index is 13.2. The molecule has 2 aromatic rings. The third kappa shape index (κ3) is 4.38. The number of carbonyl (C=O) groups is 3. The molecule has 0 radical (unpaired) electrons. The Bertz CT molecular complexity index is 1050. The van der Waals surface area contributed by atoms with E-state index < -0.39 is 29.1 Å². The number of rotatable bonds is 5. The van der Waals surface area contributed by atoms with Crippen LogP contribution in [-0.2, 0) is 14.3 Å². The number of nitrogens with zero attached hydrogens (tertiary/aromatic N) is 1. The van der Waals surface area contributed by atoms with E-state index in [2.05, 4.69) is 0 Å². The van der Waals surface area contributed by atoms with Crippen LogP contribution in [0.4, 0.5) is 5.69 Å². The number of ketones is 1. The SMILES string of the molecule is CC(C)OC(=O)c1cccc(N2C(=O)C(O)=C(C(=O)C(C)(C)C)C2c2ccccc2)c1. The topological polar surface area (TPSA) is 83.9 Å². The Morgan fingerprint density at radius 3 is 2.26 bits per heavy atom. The summed E-state index contributed by atoms with van der Waals surface area (Å²) in [6, 6.07) is 14.7. The molecular weight excluding hydrogens is 394 g/mol. The van der Waals surface area contributed by atoms with Gasteiger partial charge in [0.05, 0.1) is 23.3 Å². The van der Waals surface area contributed by atoms with Crippen molar-refractivity contribution in [1.29, 1.82) is 0 Å². The molecule has 0 fully saturated rings. The Hall–Kier alpha value is -3.41. The van der Waals surface area contributed by atoms with Crippen LogP contribution in [0.2, 0.25) is 0 Å². The van der Waals surface area contributed by atoms with Crippen LogP contribution in [-0.4, -0.2) is 28.9 Å². The molecule has 162 valence electrons. The van der Waals surface area contributed by atoms with Crippen LogP contribution in [0.15, 0.2) is 65.9 Å². The lowest BCUT2D eigenvalue weighted by atomic mass is 9.82. The summed E-state index contributed by atoms with van der Waals surface area (Å²) in [6.07, 6.45) is -0.289. The second kappa shape index (κ2) is 8.38. The fourth-order valence-electron chi connectivity index (χ4n) is 3.52. The van der Waals surface area contributed by atoms with Gasteiger partial charge in [-0.15, -0.1) is 0 Å². The van der Waals surface area contributed by atoms with Crippen LogP contribution in [0.3, 0.4) is 0 Å². The van der Waals surface area contributed by atoms with Crippen molar-refractivity contribution in [3.8, 4) is 0 Å². The summed E-state index contributed by atoms with van der Waals surface area (Å²) < 4.78 is 5.26. The van der Waals surface area contributed by atoms with Crippen LogP contribution < -0.4 is 4.90 Å². The molecule has 1 unspecified atom stereocenters. The van der Waals surface area contributed by atoms with Gasteiger partial charge in [-0.05, 0) is 37.6 Å². The Morgan fingerprint density at radius 1 is 1.03 bits per heavy atom. The molecule has 1 heterocycles. The molecule has 1 N–H and O–H groups in total. The summed E-state index contributed by atoms with van der Waals surface area (Å²) in [5.74, 6) is -2.08. The lowest BCUT2D eigenvalue weighted by Gasteiger charge is -2.29. The monoisotopic (exact) mass is 421 g/mol. The average molecular weight is 421 g/mol. The molecule has 6 nitrogen and oxygen atoms in total. The molecule has 1 atom stereocenters. The minimum atomic E-state index is -0.809. The van der Waals surface area contributed by atoms with Gasteiger partial charge in [-0.1, -0.05) is 57.2 Å². The number of hydrogen-bond donors (Lipinski definition) is 1. The molecular formula is C25H27NO5. The first kappa shape index (κ1) is 22.3. The number of aliphatic hydroxyl groups excluding tert-OH is 1. The Morgan fingerprint density at radius 2 is 1.68 bits per heavy atom. The third-order valence-electron chi connectivity index (χ3n) is 4.95. The van der Waals surface area contributed by atoms with E-state index >= 15 is 0 Å². The number of aliphatic hydroxyl groups is 1. The standard InChI is InChI=1S/C25H27NO5/c1-15(2)31-24(30)17-12-9-13-18(14-17)26-20(16-10-7-6-8-11-16)19(21(27)23(26)29)22(28)25(3,4)5/h6-15,20,27H,1-5H3. The maximum Gasteiger partial charge on any atom is 0.338 e. The van der Waals surface area contributed by atoms with Crippen LogP contribution >= 0.6 is 0 Å². The number of Topliss-reactive ketones (excluding diaryl/α,β-unsaturated/α-hetero) is 1.